The van der Waals surface area contributed by atoms with Gasteiger partial charge in [0.15, 0.2) is 5.65 Å². The van der Waals surface area contributed by atoms with E-state index in [9.17, 15) is 4.79 Å². The summed E-state index contributed by atoms with van der Waals surface area (Å²) in [5.41, 5.74) is 4.62. The molecule has 0 aliphatic rings. The maximum atomic E-state index is 12.7. The lowest BCUT2D eigenvalue weighted by Crippen LogP contribution is -2.16. The lowest BCUT2D eigenvalue weighted by atomic mass is 10.2. The number of rotatable bonds is 2. The van der Waals surface area contributed by atoms with Gasteiger partial charge in [0.25, 0.3) is 5.91 Å². The fourth-order valence-electron chi connectivity index (χ4n) is 2.57. The predicted octanol–water partition coefficient (Wildman–Crippen LogP) is 4.93. The predicted molar refractivity (Wildman–Crippen MR) is 96.5 cm³/mol. The van der Waals surface area contributed by atoms with Crippen LogP contribution in [0.1, 0.15) is 27.3 Å². The Morgan fingerprint density at radius 2 is 2.00 bits per heavy atom. The molecule has 0 aliphatic heterocycles. The number of anilines is 1. The van der Waals surface area contributed by atoms with Crippen molar-refractivity contribution in [2.24, 2.45) is 0 Å². The lowest BCUT2D eigenvalue weighted by molar-refractivity contribution is 0.102. The van der Waals surface area contributed by atoms with Crippen LogP contribution in [-0.2, 0) is 0 Å². The van der Waals surface area contributed by atoms with Crippen molar-refractivity contribution in [1.29, 1.82) is 0 Å². The van der Waals surface area contributed by atoms with E-state index >= 15 is 0 Å². The summed E-state index contributed by atoms with van der Waals surface area (Å²) in [6, 6.07) is 7.35. The first-order valence-electron chi connectivity index (χ1n) is 7.09. The van der Waals surface area contributed by atoms with Gasteiger partial charge >= 0.3 is 0 Å². The second kappa shape index (κ2) is 5.98. The first kappa shape index (κ1) is 16.0. The number of carbonyl (C=O) groups excluding carboxylic acids is 1. The third-order valence-corrected chi connectivity index (χ3v) is 4.46. The minimum atomic E-state index is -0.196. The number of imidazole rings is 1. The molecule has 3 aromatic rings. The zero-order valence-corrected chi connectivity index (χ0v) is 15.3. The number of halogens is 2. The smallest absolute Gasteiger partial charge is 0.274 e. The van der Waals surface area contributed by atoms with Crippen LogP contribution in [0.25, 0.3) is 5.65 Å². The van der Waals surface area contributed by atoms with Crippen molar-refractivity contribution in [3.05, 3.63) is 62.5 Å². The Kier molecular flexibility index (Phi) is 4.17. The van der Waals surface area contributed by atoms with Gasteiger partial charge in [0, 0.05) is 16.9 Å². The van der Waals surface area contributed by atoms with Crippen molar-refractivity contribution < 1.29 is 4.79 Å². The summed E-state index contributed by atoms with van der Waals surface area (Å²) in [7, 11) is 0. The van der Waals surface area contributed by atoms with Gasteiger partial charge in [0.1, 0.15) is 5.69 Å². The Hall–Kier alpha value is -1.85. The third-order valence-electron chi connectivity index (χ3n) is 3.64. The summed E-state index contributed by atoms with van der Waals surface area (Å²) in [4.78, 5) is 17.2. The summed E-state index contributed by atoms with van der Waals surface area (Å²) in [6.07, 6.45) is 1.91. The van der Waals surface area contributed by atoms with Gasteiger partial charge in [-0.25, -0.2) is 4.98 Å². The van der Waals surface area contributed by atoms with Gasteiger partial charge in [0.2, 0.25) is 0 Å². The highest BCUT2D eigenvalue weighted by Gasteiger charge is 2.19. The maximum Gasteiger partial charge on any atom is 0.274 e. The van der Waals surface area contributed by atoms with Gasteiger partial charge in [-0.15, -0.1) is 0 Å². The first-order chi connectivity index (χ1) is 10.9. The van der Waals surface area contributed by atoms with Crippen molar-refractivity contribution in [2.45, 2.75) is 20.8 Å². The molecule has 2 aromatic heterocycles. The molecule has 1 N–H and O–H groups in total. The van der Waals surface area contributed by atoms with Crippen molar-refractivity contribution in [1.82, 2.24) is 9.38 Å². The quantitative estimate of drug-likeness (QED) is 0.672. The Morgan fingerprint density at radius 3 is 2.70 bits per heavy atom. The Labute approximate surface area is 147 Å². The second-order valence-electron chi connectivity index (χ2n) is 5.52. The van der Waals surface area contributed by atoms with E-state index < -0.39 is 0 Å². The van der Waals surface area contributed by atoms with Crippen LogP contribution in [0.4, 0.5) is 5.69 Å². The Morgan fingerprint density at radius 1 is 1.26 bits per heavy atom. The molecule has 0 bridgehead atoms. The van der Waals surface area contributed by atoms with E-state index in [4.69, 9.17) is 11.6 Å². The highest BCUT2D eigenvalue weighted by molar-refractivity contribution is 9.10. The molecule has 118 valence electrons. The van der Waals surface area contributed by atoms with Crippen molar-refractivity contribution in [3.63, 3.8) is 0 Å². The molecule has 1 aromatic carbocycles. The number of amides is 1. The van der Waals surface area contributed by atoms with E-state index in [1.54, 1.807) is 12.1 Å². The largest absolute Gasteiger partial charge is 0.320 e. The molecule has 0 radical (unpaired) electrons. The number of nitrogens with one attached hydrogen (secondary N) is 1. The van der Waals surface area contributed by atoms with Gasteiger partial charge in [-0.05, 0) is 72.1 Å². The van der Waals surface area contributed by atoms with E-state index in [1.165, 1.54) is 0 Å². The summed E-state index contributed by atoms with van der Waals surface area (Å²) < 4.78 is 2.68. The fraction of sp³-hybridized carbons (Fsp3) is 0.176. The number of aryl methyl sites for hydroxylation is 3. The molecule has 1 amide bonds. The Balaban J connectivity index is 2.06. The van der Waals surface area contributed by atoms with Crippen LogP contribution in [0, 0.1) is 20.8 Å². The number of hydrogen-bond donors (Lipinski definition) is 1. The summed E-state index contributed by atoms with van der Waals surface area (Å²) in [5.74, 6) is -0.196. The average Bonchev–Trinajstić information content (AvgIpc) is 2.78. The zero-order chi connectivity index (χ0) is 16.7. The SMILES string of the molecule is Cc1cc(Br)c2nc(C)c(C(=O)Nc3ccc(Cl)cc3C)n2c1. The van der Waals surface area contributed by atoms with Crippen molar-refractivity contribution in [2.75, 3.05) is 5.32 Å². The molecule has 0 spiro atoms. The molecule has 0 atom stereocenters. The van der Waals surface area contributed by atoms with Gasteiger partial charge in [-0.2, -0.15) is 0 Å². The monoisotopic (exact) mass is 391 g/mol. The molecule has 2 heterocycles. The van der Waals surface area contributed by atoms with Crippen LogP contribution in [0.3, 0.4) is 0 Å². The summed E-state index contributed by atoms with van der Waals surface area (Å²) >= 11 is 9.46. The van der Waals surface area contributed by atoms with E-state index in [2.05, 4.69) is 26.2 Å². The lowest BCUT2D eigenvalue weighted by Gasteiger charge is -2.09. The first-order valence-corrected chi connectivity index (χ1v) is 8.26. The molecule has 0 fully saturated rings. The number of fused-ring (bicyclic) bond motifs is 1. The standard InChI is InChI=1S/C17H15BrClN3O/c1-9-6-13(18)16-20-11(3)15(22(16)8-9)17(23)21-14-5-4-12(19)7-10(14)2/h4-8H,1-3H3,(H,21,23). The Bertz CT molecular complexity index is 933. The molecule has 3 rings (SSSR count). The molecule has 0 aliphatic carbocycles. The van der Waals surface area contributed by atoms with Gasteiger partial charge in [-0.3, -0.25) is 9.20 Å². The average molecular weight is 393 g/mol. The minimum Gasteiger partial charge on any atom is -0.320 e. The van der Waals surface area contributed by atoms with E-state index in [1.807, 2.05) is 43.5 Å². The molecule has 4 nitrogen and oxygen atoms in total. The van der Waals surface area contributed by atoms with Gasteiger partial charge in [0.05, 0.1) is 10.2 Å². The molecule has 6 heteroatoms. The van der Waals surface area contributed by atoms with Crippen LogP contribution in [-0.4, -0.2) is 15.3 Å². The molecule has 0 unspecified atom stereocenters. The number of carbonyl (C=O) groups is 1. The normalized spacial score (nSPS) is 11.0. The van der Waals surface area contributed by atoms with Crippen molar-refractivity contribution >= 4 is 44.8 Å². The number of hydrogen-bond acceptors (Lipinski definition) is 2. The van der Waals surface area contributed by atoms with E-state index in [-0.39, 0.29) is 5.91 Å². The minimum absolute atomic E-state index is 0.196. The van der Waals surface area contributed by atoms with Gasteiger partial charge < -0.3 is 5.32 Å². The maximum absolute atomic E-state index is 12.7. The molecular weight excluding hydrogens is 378 g/mol. The molecule has 0 saturated carbocycles. The number of benzene rings is 1. The number of pyridine rings is 1. The topological polar surface area (TPSA) is 46.4 Å². The fourth-order valence-corrected chi connectivity index (χ4v) is 3.44. The number of nitrogens with zero attached hydrogens (tertiary/aromatic N) is 2. The highest BCUT2D eigenvalue weighted by Crippen LogP contribution is 2.24. The van der Waals surface area contributed by atoms with Crippen molar-refractivity contribution in [3.8, 4) is 0 Å². The molecule has 0 saturated heterocycles. The van der Waals surface area contributed by atoms with Crippen LogP contribution >= 0.6 is 27.5 Å². The zero-order valence-electron chi connectivity index (χ0n) is 12.9. The number of aromatic nitrogens is 2. The van der Waals surface area contributed by atoms with Crippen LogP contribution in [0.2, 0.25) is 5.02 Å². The van der Waals surface area contributed by atoms with E-state index in [0.717, 1.165) is 26.9 Å². The third kappa shape index (κ3) is 2.99. The highest BCUT2D eigenvalue weighted by atomic mass is 79.9. The molecular formula is C17H15BrClN3O. The van der Waals surface area contributed by atoms with E-state index in [0.29, 0.717) is 16.4 Å². The molecule has 23 heavy (non-hydrogen) atoms. The van der Waals surface area contributed by atoms with Crippen LogP contribution in [0.15, 0.2) is 34.9 Å². The summed E-state index contributed by atoms with van der Waals surface area (Å²) in [6.45, 7) is 5.71. The van der Waals surface area contributed by atoms with Gasteiger partial charge in [-0.1, -0.05) is 11.6 Å². The summed E-state index contributed by atoms with van der Waals surface area (Å²) in [5, 5.41) is 3.58. The second-order valence-corrected chi connectivity index (χ2v) is 6.81. The van der Waals surface area contributed by atoms with Crippen LogP contribution < -0.4 is 5.32 Å². The van der Waals surface area contributed by atoms with Crippen LogP contribution in [0.5, 0.6) is 0 Å².